The molecule has 1 atom stereocenters. The summed E-state index contributed by atoms with van der Waals surface area (Å²) in [6, 6.07) is 10.4. The Morgan fingerprint density at radius 1 is 1.15 bits per heavy atom. The molecule has 2 aliphatic heterocycles. The van der Waals surface area contributed by atoms with E-state index in [-0.39, 0.29) is 12.1 Å². The molecule has 3 rings (SSSR count). The summed E-state index contributed by atoms with van der Waals surface area (Å²) < 4.78 is 5.82. The van der Waals surface area contributed by atoms with E-state index in [4.69, 9.17) is 4.74 Å². The van der Waals surface area contributed by atoms with Gasteiger partial charge in [-0.3, -0.25) is 4.90 Å². The maximum Gasteiger partial charge on any atom is 0.317 e. The number of amides is 2. The Kier molecular flexibility index (Phi) is 6.74. The highest BCUT2D eigenvalue weighted by Crippen LogP contribution is 2.15. The SMILES string of the molecule is CC(C)CN1CCO[C@H](CNC(=O)N2CCN(c3ccccc3)CC2)C1. The van der Waals surface area contributed by atoms with Crippen molar-refractivity contribution in [2.75, 3.05) is 63.9 Å². The lowest BCUT2D eigenvalue weighted by Gasteiger charge is -2.37. The lowest BCUT2D eigenvalue weighted by atomic mass is 10.2. The van der Waals surface area contributed by atoms with Gasteiger partial charge in [0.05, 0.1) is 12.7 Å². The number of nitrogens with one attached hydrogen (secondary N) is 1. The van der Waals surface area contributed by atoms with Gasteiger partial charge in [-0.05, 0) is 18.1 Å². The molecular formula is C20H32N4O2. The molecule has 0 aromatic heterocycles. The van der Waals surface area contributed by atoms with Crippen LogP contribution in [0.1, 0.15) is 13.8 Å². The van der Waals surface area contributed by atoms with Gasteiger partial charge in [-0.1, -0.05) is 32.0 Å². The number of piperazine rings is 1. The highest BCUT2D eigenvalue weighted by molar-refractivity contribution is 5.74. The van der Waals surface area contributed by atoms with Gasteiger partial charge >= 0.3 is 6.03 Å². The molecule has 2 aliphatic rings. The lowest BCUT2D eigenvalue weighted by Crippen LogP contribution is -2.54. The summed E-state index contributed by atoms with van der Waals surface area (Å²) in [6.07, 6.45) is 0.0945. The summed E-state index contributed by atoms with van der Waals surface area (Å²) in [5.41, 5.74) is 1.23. The topological polar surface area (TPSA) is 48.1 Å². The monoisotopic (exact) mass is 360 g/mol. The molecule has 2 fully saturated rings. The van der Waals surface area contributed by atoms with Crippen molar-refractivity contribution < 1.29 is 9.53 Å². The predicted molar refractivity (Wildman–Crippen MR) is 105 cm³/mol. The molecule has 0 bridgehead atoms. The second kappa shape index (κ2) is 9.24. The average Bonchev–Trinajstić information content (AvgIpc) is 2.67. The molecule has 26 heavy (non-hydrogen) atoms. The lowest BCUT2D eigenvalue weighted by molar-refractivity contribution is -0.0294. The third-order valence-corrected chi connectivity index (χ3v) is 5.02. The number of carbonyl (C=O) groups is 1. The first kappa shape index (κ1) is 19.0. The molecule has 1 aromatic rings. The van der Waals surface area contributed by atoms with Gasteiger partial charge in [0.2, 0.25) is 0 Å². The van der Waals surface area contributed by atoms with Crippen LogP contribution >= 0.6 is 0 Å². The number of benzene rings is 1. The zero-order valence-electron chi connectivity index (χ0n) is 16.1. The molecule has 1 N–H and O–H groups in total. The van der Waals surface area contributed by atoms with E-state index in [0.29, 0.717) is 12.5 Å². The van der Waals surface area contributed by atoms with Gasteiger partial charge in [0.15, 0.2) is 0 Å². The first-order chi connectivity index (χ1) is 12.6. The van der Waals surface area contributed by atoms with Crippen LogP contribution in [0, 0.1) is 5.92 Å². The van der Waals surface area contributed by atoms with Crippen molar-refractivity contribution in [2.24, 2.45) is 5.92 Å². The van der Waals surface area contributed by atoms with Gasteiger partial charge < -0.3 is 19.9 Å². The van der Waals surface area contributed by atoms with E-state index < -0.39 is 0 Å². The fourth-order valence-electron chi connectivity index (χ4n) is 3.71. The van der Waals surface area contributed by atoms with Gasteiger partial charge in [0.1, 0.15) is 0 Å². The Bertz CT molecular complexity index is 558. The number of nitrogens with zero attached hydrogens (tertiary/aromatic N) is 3. The molecule has 0 saturated carbocycles. The minimum Gasteiger partial charge on any atom is -0.374 e. The summed E-state index contributed by atoms with van der Waals surface area (Å²) in [5.74, 6) is 0.657. The van der Waals surface area contributed by atoms with Crippen LogP contribution in [0.4, 0.5) is 10.5 Å². The smallest absolute Gasteiger partial charge is 0.317 e. The minimum absolute atomic E-state index is 0.0299. The van der Waals surface area contributed by atoms with Crippen LogP contribution in [0.15, 0.2) is 30.3 Å². The molecule has 2 heterocycles. The van der Waals surface area contributed by atoms with Crippen molar-refractivity contribution in [3.05, 3.63) is 30.3 Å². The van der Waals surface area contributed by atoms with E-state index in [1.165, 1.54) is 5.69 Å². The van der Waals surface area contributed by atoms with Gasteiger partial charge in [-0.2, -0.15) is 0 Å². The Balaban J connectivity index is 1.39. The van der Waals surface area contributed by atoms with Crippen molar-refractivity contribution >= 4 is 11.7 Å². The van der Waals surface area contributed by atoms with E-state index in [1.807, 2.05) is 11.0 Å². The number of ether oxygens (including phenoxy) is 1. The number of para-hydroxylation sites is 1. The van der Waals surface area contributed by atoms with Crippen molar-refractivity contribution in [1.82, 2.24) is 15.1 Å². The maximum absolute atomic E-state index is 12.5. The molecule has 0 spiro atoms. The highest BCUT2D eigenvalue weighted by Gasteiger charge is 2.24. The molecule has 0 radical (unpaired) electrons. The van der Waals surface area contributed by atoms with Gasteiger partial charge in [0.25, 0.3) is 0 Å². The number of hydrogen-bond donors (Lipinski definition) is 1. The quantitative estimate of drug-likeness (QED) is 0.871. The van der Waals surface area contributed by atoms with E-state index >= 15 is 0 Å². The normalized spacial score (nSPS) is 21.9. The van der Waals surface area contributed by atoms with Crippen LogP contribution < -0.4 is 10.2 Å². The highest BCUT2D eigenvalue weighted by atomic mass is 16.5. The summed E-state index contributed by atoms with van der Waals surface area (Å²) >= 11 is 0. The molecule has 1 aromatic carbocycles. The van der Waals surface area contributed by atoms with Crippen LogP contribution in [0.3, 0.4) is 0 Å². The number of hydrogen-bond acceptors (Lipinski definition) is 4. The van der Waals surface area contributed by atoms with Gasteiger partial charge in [-0.25, -0.2) is 4.79 Å². The second-order valence-corrected chi connectivity index (χ2v) is 7.64. The number of morpholine rings is 1. The largest absolute Gasteiger partial charge is 0.374 e. The Morgan fingerprint density at radius 2 is 1.88 bits per heavy atom. The summed E-state index contributed by atoms with van der Waals surface area (Å²) in [4.78, 5) is 19.1. The second-order valence-electron chi connectivity index (χ2n) is 7.64. The van der Waals surface area contributed by atoms with Crippen LogP contribution in [-0.4, -0.2) is 80.9 Å². The molecule has 144 valence electrons. The van der Waals surface area contributed by atoms with Crippen LogP contribution in [-0.2, 0) is 4.74 Å². The Hall–Kier alpha value is -1.79. The first-order valence-electron chi connectivity index (χ1n) is 9.78. The van der Waals surface area contributed by atoms with Crippen LogP contribution in [0.25, 0.3) is 0 Å². The number of rotatable bonds is 5. The third kappa shape index (κ3) is 5.35. The molecular weight excluding hydrogens is 328 g/mol. The van der Waals surface area contributed by atoms with E-state index in [0.717, 1.165) is 52.4 Å². The van der Waals surface area contributed by atoms with Crippen molar-refractivity contribution in [3.8, 4) is 0 Å². The molecule has 6 heteroatoms. The van der Waals surface area contributed by atoms with Gasteiger partial charge in [0, 0.05) is 58.0 Å². The third-order valence-electron chi connectivity index (χ3n) is 5.02. The van der Waals surface area contributed by atoms with E-state index in [2.05, 4.69) is 53.2 Å². The van der Waals surface area contributed by atoms with Gasteiger partial charge in [-0.15, -0.1) is 0 Å². The summed E-state index contributed by atoms with van der Waals surface area (Å²) in [7, 11) is 0. The van der Waals surface area contributed by atoms with Crippen LogP contribution in [0.5, 0.6) is 0 Å². The van der Waals surface area contributed by atoms with E-state index in [1.54, 1.807) is 0 Å². The minimum atomic E-state index is 0.0299. The summed E-state index contributed by atoms with van der Waals surface area (Å²) in [5, 5.41) is 3.07. The number of anilines is 1. The zero-order valence-corrected chi connectivity index (χ0v) is 16.1. The fourth-order valence-corrected chi connectivity index (χ4v) is 3.71. The predicted octanol–water partition coefficient (Wildman–Crippen LogP) is 1.87. The molecule has 2 amide bonds. The molecule has 2 saturated heterocycles. The number of carbonyl (C=O) groups excluding carboxylic acids is 1. The van der Waals surface area contributed by atoms with Crippen molar-refractivity contribution in [3.63, 3.8) is 0 Å². The van der Waals surface area contributed by atoms with E-state index in [9.17, 15) is 4.79 Å². The zero-order chi connectivity index (χ0) is 18.4. The maximum atomic E-state index is 12.5. The van der Waals surface area contributed by atoms with Crippen molar-refractivity contribution in [1.29, 1.82) is 0 Å². The Labute approximate surface area is 157 Å². The average molecular weight is 361 g/mol. The molecule has 0 unspecified atom stereocenters. The summed E-state index contributed by atoms with van der Waals surface area (Å²) in [6.45, 7) is 12.1. The first-order valence-corrected chi connectivity index (χ1v) is 9.78. The Morgan fingerprint density at radius 3 is 2.58 bits per heavy atom. The number of urea groups is 1. The van der Waals surface area contributed by atoms with Crippen molar-refractivity contribution in [2.45, 2.75) is 20.0 Å². The van der Waals surface area contributed by atoms with Crippen LogP contribution in [0.2, 0.25) is 0 Å². The standard InChI is InChI=1S/C20H32N4O2/c1-17(2)15-22-12-13-26-19(16-22)14-21-20(25)24-10-8-23(9-11-24)18-6-4-3-5-7-18/h3-7,17,19H,8-16H2,1-2H3,(H,21,25)/t19-/m1/s1. The molecule has 6 nitrogen and oxygen atoms in total. The fraction of sp³-hybridized carbons (Fsp3) is 0.650. The molecule has 0 aliphatic carbocycles.